The van der Waals surface area contributed by atoms with Gasteiger partial charge >= 0.3 is 0 Å². The summed E-state index contributed by atoms with van der Waals surface area (Å²) in [4.78, 5) is 2.41. The average molecular weight is 628 g/mol. The Balaban J connectivity index is 1.16. The van der Waals surface area contributed by atoms with Crippen molar-refractivity contribution in [3.8, 4) is 11.1 Å². The van der Waals surface area contributed by atoms with E-state index in [2.05, 4.69) is 181 Å². The molecular weight excluding hydrogens is 599 g/mol. The molecule has 9 aromatic carbocycles. The Hall–Kier alpha value is -5.96. The average Bonchev–Trinajstić information content (AvgIpc) is 3.55. The summed E-state index contributed by atoms with van der Waals surface area (Å²) < 4.78 is 2.61. The van der Waals surface area contributed by atoms with Gasteiger partial charge in [-0.2, -0.15) is 0 Å². The quantitative estimate of drug-likeness (QED) is 0.176. The SMILES string of the molecule is c1ccc(N(c2ccc(-c3cccc4ccc5c6ccccc6ccc5c34)cc2)c2cccc3c2sc2ccc4ccccc4c23)cc1. The molecule has 0 N–H and O–H groups in total. The maximum absolute atomic E-state index is 2.41. The van der Waals surface area contributed by atoms with Crippen LogP contribution in [0.2, 0.25) is 0 Å². The standard InChI is InChI=1S/C46H29NS/c1-2-13-34(14-3-1)47(42-19-9-18-41-45-38-16-7-5-11-31(38)24-29-43(45)48-46(41)42)35-25-20-32(21-26-35)37-17-8-12-33-23-27-39-36-15-6-4-10-30(36)22-28-40(39)44(33)37/h1-29H. The first-order valence-electron chi connectivity index (χ1n) is 16.4. The molecule has 0 radical (unpaired) electrons. The van der Waals surface area contributed by atoms with Crippen LogP contribution in [-0.2, 0) is 0 Å². The summed E-state index contributed by atoms with van der Waals surface area (Å²) in [5, 5.41) is 12.9. The van der Waals surface area contributed by atoms with Crippen LogP contribution in [0.3, 0.4) is 0 Å². The van der Waals surface area contributed by atoms with Crippen molar-refractivity contribution in [1.82, 2.24) is 0 Å². The molecule has 2 heteroatoms. The molecule has 1 aromatic heterocycles. The third-order valence-corrected chi connectivity index (χ3v) is 11.0. The van der Waals surface area contributed by atoms with Crippen LogP contribution in [-0.4, -0.2) is 0 Å². The van der Waals surface area contributed by atoms with Gasteiger partial charge in [0.25, 0.3) is 0 Å². The minimum Gasteiger partial charge on any atom is -0.309 e. The van der Waals surface area contributed by atoms with Crippen molar-refractivity contribution in [2.45, 2.75) is 0 Å². The molecule has 0 fully saturated rings. The van der Waals surface area contributed by atoms with Crippen LogP contribution in [0, 0.1) is 0 Å². The minimum atomic E-state index is 1.14. The number of benzene rings is 9. The first kappa shape index (κ1) is 27.2. The summed E-state index contributed by atoms with van der Waals surface area (Å²) in [5.74, 6) is 0. The summed E-state index contributed by atoms with van der Waals surface area (Å²) in [5.41, 5.74) is 5.94. The highest BCUT2D eigenvalue weighted by Crippen LogP contribution is 2.47. The van der Waals surface area contributed by atoms with E-state index in [0.29, 0.717) is 0 Å². The smallest absolute Gasteiger partial charge is 0.0640 e. The third-order valence-electron chi connectivity index (χ3n) is 9.82. The summed E-state index contributed by atoms with van der Waals surface area (Å²) in [6.07, 6.45) is 0. The summed E-state index contributed by atoms with van der Waals surface area (Å²) in [6, 6.07) is 64.4. The highest BCUT2D eigenvalue weighted by molar-refractivity contribution is 7.26. The topological polar surface area (TPSA) is 3.24 Å². The van der Waals surface area contributed by atoms with Crippen molar-refractivity contribution >= 4 is 91.7 Å². The van der Waals surface area contributed by atoms with Crippen LogP contribution in [0.5, 0.6) is 0 Å². The lowest BCUT2D eigenvalue weighted by atomic mass is 9.91. The number of hydrogen-bond acceptors (Lipinski definition) is 2. The first-order valence-corrected chi connectivity index (χ1v) is 17.3. The highest BCUT2D eigenvalue weighted by Gasteiger charge is 2.19. The normalized spacial score (nSPS) is 11.8. The van der Waals surface area contributed by atoms with Gasteiger partial charge in [0, 0.05) is 26.8 Å². The van der Waals surface area contributed by atoms with Gasteiger partial charge in [0.2, 0.25) is 0 Å². The second-order valence-electron chi connectivity index (χ2n) is 12.5. The van der Waals surface area contributed by atoms with Gasteiger partial charge in [0.1, 0.15) is 0 Å². The molecule has 10 aromatic rings. The summed E-state index contributed by atoms with van der Waals surface area (Å²) in [7, 11) is 0. The molecule has 0 aliphatic heterocycles. The molecule has 0 aliphatic carbocycles. The number of fused-ring (bicyclic) bond motifs is 10. The molecular formula is C46H29NS. The van der Waals surface area contributed by atoms with Gasteiger partial charge in [0.15, 0.2) is 0 Å². The van der Waals surface area contributed by atoms with Crippen molar-refractivity contribution in [2.75, 3.05) is 4.90 Å². The Kier molecular flexibility index (Phi) is 6.12. The van der Waals surface area contributed by atoms with Gasteiger partial charge in [-0.3, -0.25) is 0 Å². The second-order valence-corrected chi connectivity index (χ2v) is 13.5. The Morgan fingerprint density at radius 1 is 0.354 bits per heavy atom. The third kappa shape index (κ3) is 4.17. The van der Waals surface area contributed by atoms with Gasteiger partial charge in [-0.05, 0) is 90.6 Å². The molecule has 0 spiro atoms. The lowest BCUT2D eigenvalue weighted by Crippen LogP contribution is -2.09. The van der Waals surface area contributed by atoms with E-state index in [1.807, 2.05) is 11.3 Å². The number of thiophene rings is 1. The molecule has 0 saturated carbocycles. The molecule has 0 bridgehead atoms. The van der Waals surface area contributed by atoms with Crippen molar-refractivity contribution in [1.29, 1.82) is 0 Å². The van der Waals surface area contributed by atoms with Crippen LogP contribution in [0.25, 0.3) is 74.4 Å². The van der Waals surface area contributed by atoms with Crippen LogP contribution in [0.4, 0.5) is 17.1 Å². The van der Waals surface area contributed by atoms with E-state index in [4.69, 9.17) is 0 Å². The second kappa shape index (κ2) is 10.8. The van der Waals surface area contributed by atoms with E-state index in [1.54, 1.807) is 0 Å². The van der Waals surface area contributed by atoms with E-state index in [-0.39, 0.29) is 0 Å². The maximum atomic E-state index is 2.41. The number of hydrogen-bond donors (Lipinski definition) is 0. The predicted octanol–water partition coefficient (Wildman–Crippen LogP) is 13.8. The van der Waals surface area contributed by atoms with Crippen LogP contribution in [0.1, 0.15) is 0 Å². The van der Waals surface area contributed by atoms with E-state index >= 15 is 0 Å². The Morgan fingerprint density at radius 2 is 0.979 bits per heavy atom. The Bertz CT molecular complexity index is 2830. The van der Waals surface area contributed by atoms with E-state index < -0.39 is 0 Å². The lowest BCUT2D eigenvalue weighted by Gasteiger charge is -2.26. The van der Waals surface area contributed by atoms with Crippen LogP contribution < -0.4 is 4.90 Å². The molecule has 0 aliphatic rings. The molecule has 48 heavy (non-hydrogen) atoms. The van der Waals surface area contributed by atoms with Gasteiger partial charge in [-0.15, -0.1) is 11.3 Å². The van der Waals surface area contributed by atoms with Crippen molar-refractivity contribution in [3.05, 3.63) is 176 Å². The fourth-order valence-corrected chi connectivity index (χ4v) is 8.86. The minimum absolute atomic E-state index is 1.14. The highest BCUT2D eigenvalue weighted by atomic mass is 32.1. The van der Waals surface area contributed by atoms with Gasteiger partial charge < -0.3 is 4.90 Å². The van der Waals surface area contributed by atoms with Gasteiger partial charge in [-0.25, -0.2) is 0 Å². The maximum Gasteiger partial charge on any atom is 0.0640 e. The molecule has 10 rings (SSSR count). The monoisotopic (exact) mass is 627 g/mol. The molecule has 224 valence electrons. The number of anilines is 3. The Labute approximate surface area is 282 Å². The zero-order chi connectivity index (χ0) is 31.6. The predicted molar refractivity (Wildman–Crippen MR) is 209 cm³/mol. The molecule has 0 atom stereocenters. The molecule has 0 unspecified atom stereocenters. The van der Waals surface area contributed by atoms with E-state index in [1.165, 1.54) is 80.1 Å². The number of rotatable bonds is 4. The van der Waals surface area contributed by atoms with E-state index in [0.717, 1.165) is 11.4 Å². The van der Waals surface area contributed by atoms with Crippen molar-refractivity contribution in [2.24, 2.45) is 0 Å². The molecule has 1 nitrogen and oxygen atoms in total. The first-order chi connectivity index (χ1) is 23.8. The largest absolute Gasteiger partial charge is 0.309 e. The zero-order valence-electron chi connectivity index (χ0n) is 26.1. The fourth-order valence-electron chi connectivity index (χ4n) is 7.64. The van der Waals surface area contributed by atoms with Crippen LogP contribution >= 0.6 is 11.3 Å². The molecule has 0 saturated heterocycles. The molecule has 1 heterocycles. The van der Waals surface area contributed by atoms with Crippen molar-refractivity contribution in [3.63, 3.8) is 0 Å². The van der Waals surface area contributed by atoms with Gasteiger partial charge in [0.05, 0.1) is 10.4 Å². The Morgan fingerprint density at radius 3 is 1.83 bits per heavy atom. The molecule has 0 amide bonds. The number of nitrogens with zero attached hydrogens (tertiary/aromatic N) is 1. The zero-order valence-corrected chi connectivity index (χ0v) is 26.9. The fraction of sp³-hybridized carbons (Fsp3) is 0. The van der Waals surface area contributed by atoms with Crippen molar-refractivity contribution < 1.29 is 0 Å². The van der Waals surface area contributed by atoms with Crippen LogP contribution in [0.15, 0.2) is 176 Å². The van der Waals surface area contributed by atoms with E-state index in [9.17, 15) is 0 Å². The summed E-state index contributed by atoms with van der Waals surface area (Å²) in [6.45, 7) is 0. The summed E-state index contributed by atoms with van der Waals surface area (Å²) >= 11 is 1.88. The van der Waals surface area contributed by atoms with Gasteiger partial charge in [-0.1, -0.05) is 140 Å². The number of para-hydroxylation sites is 1. The lowest BCUT2D eigenvalue weighted by molar-refractivity contribution is 1.30.